The molecule has 94 valence electrons. The summed E-state index contributed by atoms with van der Waals surface area (Å²) in [6.07, 6.45) is 6.17. The zero-order valence-corrected chi connectivity index (χ0v) is 10.5. The summed E-state index contributed by atoms with van der Waals surface area (Å²) >= 11 is 0. The van der Waals surface area contributed by atoms with Gasteiger partial charge in [-0.1, -0.05) is 0 Å². The molecule has 5 heteroatoms. The molecule has 0 aromatic rings. The van der Waals surface area contributed by atoms with E-state index in [-0.39, 0.29) is 0 Å². The minimum Gasteiger partial charge on any atom is -0.377 e. The van der Waals surface area contributed by atoms with Gasteiger partial charge >= 0.3 is 0 Å². The van der Waals surface area contributed by atoms with Gasteiger partial charge in [0.15, 0.2) is 0 Å². The first-order chi connectivity index (χ1) is 8.27. The Labute approximate surface area is 102 Å². The maximum absolute atomic E-state index is 5.59. The molecular weight excluding hydrogens is 216 g/mol. The van der Waals surface area contributed by atoms with Crippen molar-refractivity contribution in [1.82, 2.24) is 9.91 Å². The summed E-state index contributed by atoms with van der Waals surface area (Å²) < 4.78 is 5.59. The second kappa shape index (κ2) is 5.31. The van der Waals surface area contributed by atoms with E-state index < -0.39 is 0 Å². The van der Waals surface area contributed by atoms with Gasteiger partial charge in [0.1, 0.15) is 5.82 Å². The molecule has 0 N–H and O–H groups in total. The lowest BCUT2D eigenvalue weighted by Crippen LogP contribution is -2.47. The summed E-state index contributed by atoms with van der Waals surface area (Å²) in [5, 5.41) is 5.79. The second-order valence-electron chi connectivity index (χ2n) is 4.43. The van der Waals surface area contributed by atoms with E-state index >= 15 is 0 Å². The molecule has 0 radical (unpaired) electrons. The van der Waals surface area contributed by atoms with Crippen LogP contribution in [0.5, 0.6) is 0 Å². The molecule has 2 unspecified atom stereocenters. The largest absolute Gasteiger partial charge is 0.377 e. The van der Waals surface area contributed by atoms with Crippen LogP contribution in [0.3, 0.4) is 0 Å². The van der Waals surface area contributed by atoms with Gasteiger partial charge in [-0.3, -0.25) is 10.0 Å². The highest BCUT2D eigenvalue weighted by Gasteiger charge is 2.39. The third-order valence-electron chi connectivity index (χ3n) is 3.42. The number of nitrogens with zero attached hydrogens (tertiary/aromatic N) is 4. The number of allylic oxidation sites excluding steroid dienone is 1. The van der Waals surface area contributed by atoms with Crippen LogP contribution in [-0.2, 0) is 4.74 Å². The molecule has 2 fully saturated rings. The number of hydrogen-bond acceptors (Lipinski definition) is 5. The predicted octanol–water partition coefficient (Wildman–Crippen LogP) is 0.939. The Hall–Kier alpha value is -1.36. The van der Waals surface area contributed by atoms with Crippen LogP contribution in [0.25, 0.3) is 0 Å². The molecule has 0 aromatic carbocycles. The summed E-state index contributed by atoms with van der Waals surface area (Å²) in [6, 6.07) is 0.934. The lowest BCUT2D eigenvalue weighted by atomic mass is 10.2. The Kier molecular flexibility index (Phi) is 3.78. The Morgan fingerprint density at radius 3 is 2.59 bits per heavy atom. The fourth-order valence-corrected chi connectivity index (χ4v) is 2.58. The standard InChI is InChI=1S/C12H20N4O/c1-13-7-6-12(15(3)14-2)16-10-4-5-11(16)9-17-8-10/h6-7,10-11H,2,4-5,8-9H2,1,3H3/b12-6+,13-7?. The predicted molar refractivity (Wildman–Crippen MR) is 69.3 cm³/mol. The maximum Gasteiger partial charge on any atom is 0.127 e. The minimum atomic E-state index is 0.467. The number of hydrogen-bond donors (Lipinski definition) is 0. The molecular formula is C12H20N4O. The maximum atomic E-state index is 5.59. The van der Waals surface area contributed by atoms with Crippen LogP contribution in [-0.4, -0.2) is 62.2 Å². The van der Waals surface area contributed by atoms with E-state index in [0.717, 1.165) is 19.0 Å². The van der Waals surface area contributed by atoms with Gasteiger partial charge in [0, 0.05) is 27.0 Å². The molecule has 0 amide bonds. The average molecular weight is 236 g/mol. The van der Waals surface area contributed by atoms with Gasteiger partial charge < -0.3 is 9.64 Å². The van der Waals surface area contributed by atoms with E-state index in [1.54, 1.807) is 18.3 Å². The van der Waals surface area contributed by atoms with Crippen LogP contribution in [0.4, 0.5) is 0 Å². The van der Waals surface area contributed by atoms with Gasteiger partial charge in [-0.15, -0.1) is 0 Å². The monoisotopic (exact) mass is 236 g/mol. The average Bonchev–Trinajstić information content (AvgIpc) is 2.60. The zero-order valence-electron chi connectivity index (χ0n) is 10.5. The molecule has 0 spiro atoms. The number of hydrazone groups is 1. The highest BCUT2D eigenvalue weighted by atomic mass is 16.5. The highest BCUT2D eigenvalue weighted by molar-refractivity contribution is 5.71. The molecule has 0 aliphatic carbocycles. The van der Waals surface area contributed by atoms with Gasteiger partial charge in [0.2, 0.25) is 0 Å². The van der Waals surface area contributed by atoms with Crippen molar-refractivity contribution in [3.63, 3.8) is 0 Å². The van der Waals surface area contributed by atoms with Crippen LogP contribution in [0.1, 0.15) is 12.8 Å². The summed E-state index contributed by atoms with van der Waals surface area (Å²) in [6.45, 7) is 5.20. The fourth-order valence-electron chi connectivity index (χ4n) is 2.58. The van der Waals surface area contributed by atoms with Crippen LogP contribution in [0.15, 0.2) is 22.0 Å². The van der Waals surface area contributed by atoms with E-state index in [2.05, 4.69) is 21.7 Å². The molecule has 2 aliphatic rings. The molecule has 2 rings (SSSR count). The SMILES string of the molecule is C=NN(C)/C(=C\C=NC)N1C2CCC1COC2. The van der Waals surface area contributed by atoms with Crippen molar-refractivity contribution in [3.8, 4) is 0 Å². The molecule has 2 heterocycles. The zero-order chi connectivity index (χ0) is 12.3. The van der Waals surface area contributed by atoms with Crippen molar-refractivity contribution in [2.75, 3.05) is 27.3 Å². The van der Waals surface area contributed by atoms with Crippen LogP contribution >= 0.6 is 0 Å². The summed E-state index contributed by atoms with van der Waals surface area (Å²) in [5.41, 5.74) is 0. The fraction of sp³-hybridized carbons (Fsp3) is 0.667. The van der Waals surface area contributed by atoms with E-state index in [1.165, 1.54) is 12.8 Å². The van der Waals surface area contributed by atoms with Crippen molar-refractivity contribution in [3.05, 3.63) is 11.9 Å². The summed E-state index contributed by atoms with van der Waals surface area (Å²) in [7, 11) is 3.68. The topological polar surface area (TPSA) is 40.4 Å². The quantitative estimate of drug-likeness (QED) is 0.539. The minimum absolute atomic E-state index is 0.467. The van der Waals surface area contributed by atoms with Gasteiger partial charge in [-0.2, -0.15) is 5.10 Å². The molecule has 2 atom stereocenters. The molecule has 2 saturated heterocycles. The van der Waals surface area contributed by atoms with Crippen molar-refractivity contribution in [1.29, 1.82) is 0 Å². The van der Waals surface area contributed by atoms with Gasteiger partial charge in [0.05, 0.1) is 25.3 Å². The van der Waals surface area contributed by atoms with Crippen LogP contribution < -0.4 is 0 Å². The van der Waals surface area contributed by atoms with E-state index in [9.17, 15) is 0 Å². The first-order valence-corrected chi connectivity index (χ1v) is 5.96. The van der Waals surface area contributed by atoms with Crippen molar-refractivity contribution < 1.29 is 4.74 Å². The smallest absolute Gasteiger partial charge is 0.127 e. The third-order valence-corrected chi connectivity index (χ3v) is 3.42. The van der Waals surface area contributed by atoms with E-state index in [4.69, 9.17) is 4.74 Å². The Bertz CT molecular complexity index is 323. The van der Waals surface area contributed by atoms with Crippen molar-refractivity contribution >= 4 is 12.9 Å². The summed E-state index contributed by atoms with van der Waals surface area (Å²) in [4.78, 5) is 6.41. The highest BCUT2D eigenvalue weighted by Crippen LogP contribution is 2.33. The third kappa shape index (κ3) is 2.34. The van der Waals surface area contributed by atoms with E-state index in [1.807, 2.05) is 13.1 Å². The van der Waals surface area contributed by atoms with Crippen LogP contribution in [0.2, 0.25) is 0 Å². The Balaban J connectivity index is 2.23. The van der Waals surface area contributed by atoms with E-state index in [0.29, 0.717) is 12.1 Å². The number of aliphatic imine (C=N–C) groups is 1. The lowest BCUT2D eigenvalue weighted by Gasteiger charge is -2.39. The normalized spacial score (nSPS) is 28.8. The Morgan fingerprint density at radius 1 is 1.41 bits per heavy atom. The molecule has 2 aliphatic heterocycles. The first-order valence-electron chi connectivity index (χ1n) is 5.96. The number of ether oxygens (including phenoxy) is 1. The lowest BCUT2D eigenvalue weighted by molar-refractivity contribution is -0.00954. The number of morpholine rings is 1. The van der Waals surface area contributed by atoms with Crippen molar-refractivity contribution in [2.24, 2.45) is 10.1 Å². The molecule has 5 nitrogen and oxygen atoms in total. The van der Waals surface area contributed by atoms with Gasteiger partial charge in [0.25, 0.3) is 0 Å². The first kappa shape index (κ1) is 12.1. The van der Waals surface area contributed by atoms with Gasteiger partial charge in [-0.25, -0.2) is 0 Å². The number of fused-ring (bicyclic) bond motifs is 2. The number of rotatable bonds is 4. The molecule has 0 saturated carbocycles. The second-order valence-corrected chi connectivity index (χ2v) is 4.43. The molecule has 2 bridgehead atoms. The summed E-state index contributed by atoms with van der Waals surface area (Å²) in [5.74, 6) is 1.06. The molecule has 17 heavy (non-hydrogen) atoms. The van der Waals surface area contributed by atoms with Crippen molar-refractivity contribution in [2.45, 2.75) is 24.9 Å². The van der Waals surface area contributed by atoms with Gasteiger partial charge in [-0.05, 0) is 18.9 Å². The molecule has 0 aromatic heterocycles. The van der Waals surface area contributed by atoms with Crippen LogP contribution in [0, 0.1) is 0 Å². The Morgan fingerprint density at radius 2 is 2.06 bits per heavy atom.